The van der Waals surface area contributed by atoms with E-state index in [0.29, 0.717) is 10.9 Å². The molecule has 0 aromatic carbocycles. The summed E-state index contributed by atoms with van der Waals surface area (Å²) in [7, 11) is 0. The van der Waals surface area contributed by atoms with Crippen LogP contribution in [0.5, 0.6) is 0 Å². The van der Waals surface area contributed by atoms with Gasteiger partial charge in [0, 0.05) is 5.41 Å². The van der Waals surface area contributed by atoms with Crippen LogP contribution in [0.2, 0.25) is 0 Å². The summed E-state index contributed by atoms with van der Waals surface area (Å²) in [6.45, 7) is 8.55. The topological polar surface area (TPSA) is 26.0 Å². The molecule has 0 bridgehead atoms. The average Bonchev–Trinajstić information content (AvgIpc) is 1.60. The lowest BCUT2D eigenvalue weighted by Crippen LogP contribution is -2.30. The monoisotopic (exact) mass is 159 g/mol. The smallest absolute Gasteiger partial charge is 0.0784 e. The summed E-state index contributed by atoms with van der Waals surface area (Å²) in [6, 6.07) is 0. The number of thiocarbonyl (C=S) groups is 1. The van der Waals surface area contributed by atoms with Crippen molar-refractivity contribution >= 4 is 17.2 Å². The van der Waals surface area contributed by atoms with Gasteiger partial charge in [-0.3, -0.25) is 0 Å². The van der Waals surface area contributed by atoms with Crippen LogP contribution in [0.1, 0.15) is 34.1 Å². The molecule has 2 heteroatoms. The van der Waals surface area contributed by atoms with E-state index in [2.05, 4.69) is 27.7 Å². The van der Waals surface area contributed by atoms with Crippen molar-refractivity contribution in [1.29, 1.82) is 0 Å². The molecule has 0 amide bonds. The summed E-state index contributed by atoms with van der Waals surface area (Å²) in [5.74, 6) is 0.663. The molecule has 0 unspecified atom stereocenters. The third kappa shape index (κ3) is 3.16. The van der Waals surface area contributed by atoms with Gasteiger partial charge in [-0.1, -0.05) is 39.9 Å². The Kier molecular flexibility index (Phi) is 3.29. The van der Waals surface area contributed by atoms with E-state index in [1.165, 1.54) is 0 Å². The molecule has 0 aliphatic carbocycles. The van der Waals surface area contributed by atoms with Crippen LogP contribution in [0, 0.1) is 11.3 Å². The number of nitrogens with two attached hydrogens (primary N) is 1. The number of hydrogen-bond acceptors (Lipinski definition) is 1. The summed E-state index contributed by atoms with van der Waals surface area (Å²) >= 11 is 4.93. The standard InChI is InChI=1S/C8H17NS/c1-6(2)5-8(3,4)7(9)10/h6H,5H2,1-4H3,(H2,9,10). The molecule has 0 saturated heterocycles. The van der Waals surface area contributed by atoms with E-state index in [9.17, 15) is 0 Å². The zero-order chi connectivity index (χ0) is 8.36. The van der Waals surface area contributed by atoms with Crippen molar-refractivity contribution in [2.45, 2.75) is 34.1 Å². The second kappa shape index (κ2) is 3.33. The van der Waals surface area contributed by atoms with Crippen LogP contribution >= 0.6 is 12.2 Å². The lowest BCUT2D eigenvalue weighted by atomic mass is 9.84. The van der Waals surface area contributed by atoms with Crippen molar-refractivity contribution in [3.8, 4) is 0 Å². The molecule has 0 fully saturated rings. The first-order valence-corrected chi connectivity index (χ1v) is 4.07. The third-order valence-electron chi connectivity index (χ3n) is 1.59. The minimum Gasteiger partial charge on any atom is -0.393 e. The minimum atomic E-state index is 0.0312. The predicted octanol–water partition coefficient (Wildman–Crippen LogP) is 2.34. The Labute approximate surface area is 69.0 Å². The Morgan fingerprint density at radius 1 is 1.50 bits per heavy atom. The lowest BCUT2D eigenvalue weighted by Gasteiger charge is -2.24. The van der Waals surface area contributed by atoms with Gasteiger partial charge in [-0.25, -0.2) is 0 Å². The van der Waals surface area contributed by atoms with Gasteiger partial charge in [0.05, 0.1) is 4.99 Å². The molecule has 60 valence electrons. The molecular formula is C8H17NS. The van der Waals surface area contributed by atoms with E-state index in [1.807, 2.05) is 0 Å². The summed E-state index contributed by atoms with van der Waals surface area (Å²) in [6.07, 6.45) is 1.07. The van der Waals surface area contributed by atoms with Crippen LogP contribution in [0.4, 0.5) is 0 Å². The van der Waals surface area contributed by atoms with Crippen LogP contribution in [0.25, 0.3) is 0 Å². The molecule has 0 heterocycles. The van der Waals surface area contributed by atoms with Gasteiger partial charge in [0.1, 0.15) is 0 Å². The average molecular weight is 159 g/mol. The molecule has 2 N–H and O–H groups in total. The quantitative estimate of drug-likeness (QED) is 0.640. The highest BCUT2D eigenvalue weighted by atomic mass is 32.1. The molecule has 0 rings (SSSR count). The van der Waals surface area contributed by atoms with Crippen molar-refractivity contribution in [2.75, 3.05) is 0 Å². The Morgan fingerprint density at radius 3 is 2.00 bits per heavy atom. The molecule has 0 aromatic heterocycles. The van der Waals surface area contributed by atoms with Gasteiger partial charge in [0.2, 0.25) is 0 Å². The molecular weight excluding hydrogens is 142 g/mol. The van der Waals surface area contributed by atoms with Gasteiger partial charge in [-0.2, -0.15) is 0 Å². The lowest BCUT2D eigenvalue weighted by molar-refractivity contribution is 0.396. The summed E-state index contributed by atoms with van der Waals surface area (Å²) < 4.78 is 0. The fourth-order valence-electron chi connectivity index (χ4n) is 1.12. The minimum absolute atomic E-state index is 0.0312. The molecule has 0 aliphatic heterocycles. The zero-order valence-electron chi connectivity index (χ0n) is 7.27. The summed E-state index contributed by atoms with van der Waals surface area (Å²) in [5.41, 5.74) is 5.58. The molecule has 1 nitrogen and oxygen atoms in total. The Morgan fingerprint density at radius 2 is 1.90 bits per heavy atom. The van der Waals surface area contributed by atoms with E-state index in [-0.39, 0.29) is 5.41 Å². The van der Waals surface area contributed by atoms with Gasteiger partial charge in [-0.05, 0) is 12.3 Å². The fraction of sp³-hybridized carbons (Fsp3) is 0.875. The van der Waals surface area contributed by atoms with E-state index in [4.69, 9.17) is 18.0 Å². The first kappa shape index (κ1) is 9.89. The highest BCUT2D eigenvalue weighted by molar-refractivity contribution is 7.80. The van der Waals surface area contributed by atoms with Gasteiger partial charge in [-0.15, -0.1) is 0 Å². The molecule has 0 aliphatic rings. The van der Waals surface area contributed by atoms with E-state index in [0.717, 1.165) is 6.42 Å². The van der Waals surface area contributed by atoms with Crippen molar-refractivity contribution in [2.24, 2.45) is 17.1 Å². The van der Waals surface area contributed by atoms with Crippen LogP contribution in [0.15, 0.2) is 0 Å². The first-order valence-electron chi connectivity index (χ1n) is 3.66. The molecule has 0 atom stereocenters. The van der Waals surface area contributed by atoms with Crippen molar-refractivity contribution in [1.82, 2.24) is 0 Å². The maximum Gasteiger partial charge on any atom is 0.0784 e. The second-order valence-corrected chi connectivity index (χ2v) is 4.29. The van der Waals surface area contributed by atoms with Crippen LogP contribution < -0.4 is 5.73 Å². The first-order chi connectivity index (χ1) is 4.36. The summed E-state index contributed by atoms with van der Waals surface area (Å²) in [5, 5.41) is 0. The van der Waals surface area contributed by atoms with E-state index in [1.54, 1.807) is 0 Å². The van der Waals surface area contributed by atoms with E-state index < -0.39 is 0 Å². The van der Waals surface area contributed by atoms with Crippen LogP contribution in [-0.4, -0.2) is 4.99 Å². The largest absolute Gasteiger partial charge is 0.393 e. The van der Waals surface area contributed by atoms with Gasteiger partial charge in [0.15, 0.2) is 0 Å². The molecule has 10 heavy (non-hydrogen) atoms. The van der Waals surface area contributed by atoms with Crippen molar-refractivity contribution in [3.63, 3.8) is 0 Å². The normalized spacial score (nSPS) is 12.1. The van der Waals surface area contributed by atoms with Crippen molar-refractivity contribution < 1.29 is 0 Å². The molecule has 0 radical (unpaired) electrons. The third-order valence-corrected chi connectivity index (χ3v) is 2.14. The Hall–Kier alpha value is -0.110. The Bertz CT molecular complexity index is 127. The Balaban J connectivity index is 4.00. The fourth-order valence-corrected chi connectivity index (χ4v) is 1.20. The van der Waals surface area contributed by atoms with Crippen LogP contribution in [-0.2, 0) is 0 Å². The maximum atomic E-state index is 5.55. The summed E-state index contributed by atoms with van der Waals surface area (Å²) in [4.78, 5) is 0.626. The van der Waals surface area contributed by atoms with Gasteiger partial charge in [0.25, 0.3) is 0 Å². The number of rotatable bonds is 3. The van der Waals surface area contributed by atoms with E-state index >= 15 is 0 Å². The molecule has 0 saturated carbocycles. The second-order valence-electron chi connectivity index (χ2n) is 3.85. The van der Waals surface area contributed by atoms with Gasteiger partial charge >= 0.3 is 0 Å². The highest BCUT2D eigenvalue weighted by Crippen LogP contribution is 2.24. The van der Waals surface area contributed by atoms with Crippen molar-refractivity contribution in [3.05, 3.63) is 0 Å². The maximum absolute atomic E-state index is 5.55. The SMILES string of the molecule is CC(C)CC(C)(C)C(N)=S. The predicted molar refractivity (Wildman–Crippen MR) is 50.0 cm³/mol. The zero-order valence-corrected chi connectivity index (χ0v) is 8.09. The molecule has 0 spiro atoms. The molecule has 0 aromatic rings. The van der Waals surface area contributed by atoms with Crippen LogP contribution in [0.3, 0.4) is 0 Å². The van der Waals surface area contributed by atoms with Gasteiger partial charge < -0.3 is 5.73 Å². The number of hydrogen-bond donors (Lipinski definition) is 1. The highest BCUT2D eigenvalue weighted by Gasteiger charge is 2.21.